The van der Waals surface area contributed by atoms with Crippen molar-refractivity contribution in [1.82, 2.24) is 15.1 Å². The first-order valence-corrected chi connectivity index (χ1v) is 7.28. The van der Waals surface area contributed by atoms with E-state index in [1.165, 1.54) is 19.4 Å². The number of nitrogens with one attached hydrogen (secondary N) is 1. The smallest absolute Gasteiger partial charge is 0.0791 e. The van der Waals surface area contributed by atoms with Crippen molar-refractivity contribution in [2.24, 2.45) is 0 Å². The minimum Gasteiger partial charge on any atom is -0.390 e. The van der Waals surface area contributed by atoms with Crippen LogP contribution in [0.5, 0.6) is 0 Å². The third kappa shape index (κ3) is 9.83. The van der Waals surface area contributed by atoms with Gasteiger partial charge >= 0.3 is 0 Å². The molecule has 0 aliphatic rings. The van der Waals surface area contributed by atoms with Crippen LogP contribution in [0.25, 0.3) is 0 Å². The van der Waals surface area contributed by atoms with Gasteiger partial charge in [-0.25, -0.2) is 0 Å². The molecule has 110 valence electrons. The zero-order chi connectivity index (χ0) is 14.0. The van der Waals surface area contributed by atoms with E-state index in [4.69, 9.17) is 0 Å². The van der Waals surface area contributed by atoms with Gasteiger partial charge in [-0.15, -0.1) is 0 Å². The summed E-state index contributed by atoms with van der Waals surface area (Å²) in [6.45, 7) is 11.5. The lowest BCUT2D eigenvalue weighted by Crippen LogP contribution is -2.39. The van der Waals surface area contributed by atoms with Crippen LogP contribution in [0.4, 0.5) is 0 Å². The van der Waals surface area contributed by atoms with Gasteiger partial charge in [0, 0.05) is 19.1 Å². The van der Waals surface area contributed by atoms with Crippen molar-refractivity contribution in [1.29, 1.82) is 0 Å². The van der Waals surface area contributed by atoms with Crippen molar-refractivity contribution in [3.63, 3.8) is 0 Å². The second kappa shape index (κ2) is 10.7. The van der Waals surface area contributed by atoms with Crippen LogP contribution in [0.15, 0.2) is 0 Å². The molecule has 18 heavy (non-hydrogen) atoms. The first-order chi connectivity index (χ1) is 8.49. The summed E-state index contributed by atoms with van der Waals surface area (Å²) in [5.41, 5.74) is 0. The van der Waals surface area contributed by atoms with Crippen molar-refractivity contribution in [2.45, 2.75) is 45.8 Å². The molecule has 0 aromatic carbocycles. The molecule has 0 saturated heterocycles. The minimum atomic E-state index is -0.273. The van der Waals surface area contributed by atoms with Crippen LogP contribution >= 0.6 is 0 Å². The quantitative estimate of drug-likeness (QED) is 0.581. The monoisotopic (exact) mass is 259 g/mol. The summed E-state index contributed by atoms with van der Waals surface area (Å²) < 4.78 is 0. The van der Waals surface area contributed by atoms with Crippen LogP contribution in [0.2, 0.25) is 0 Å². The van der Waals surface area contributed by atoms with Crippen LogP contribution in [-0.4, -0.2) is 73.9 Å². The highest BCUT2D eigenvalue weighted by molar-refractivity contribution is 4.68. The third-order valence-corrected chi connectivity index (χ3v) is 3.28. The number of aliphatic hydroxyl groups excluding tert-OH is 1. The van der Waals surface area contributed by atoms with Gasteiger partial charge in [0.1, 0.15) is 0 Å². The molecule has 4 nitrogen and oxygen atoms in total. The molecule has 0 fully saturated rings. The van der Waals surface area contributed by atoms with E-state index < -0.39 is 0 Å². The van der Waals surface area contributed by atoms with E-state index in [-0.39, 0.29) is 6.10 Å². The lowest BCUT2D eigenvalue weighted by molar-refractivity contribution is 0.131. The molecule has 0 amide bonds. The van der Waals surface area contributed by atoms with Gasteiger partial charge in [-0.3, -0.25) is 0 Å². The highest BCUT2D eigenvalue weighted by Crippen LogP contribution is 2.00. The van der Waals surface area contributed by atoms with E-state index in [2.05, 4.69) is 31.0 Å². The van der Waals surface area contributed by atoms with Gasteiger partial charge in [0.05, 0.1) is 6.10 Å². The SMILES string of the molecule is CCN(CC)CCCC(C)NCC(O)CN(C)C. The van der Waals surface area contributed by atoms with Crippen molar-refractivity contribution in [3.05, 3.63) is 0 Å². The van der Waals surface area contributed by atoms with Gasteiger partial charge in [0.2, 0.25) is 0 Å². The van der Waals surface area contributed by atoms with Crippen molar-refractivity contribution >= 4 is 0 Å². The number of likely N-dealkylation sites (N-methyl/N-ethyl adjacent to an activating group) is 1. The Morgan fingerprint density at radius 3 is 2.28 bits per heavy atom. The van der Waals surface area contributed by atoms with Gasteiger partial charge in [-0.05, 0) is 53.5 Å². The molecule has 0 radical (unpaired) electrons. The number of rotatable bonds is 11. The maximum atomic E-state index is 9.75. The average molecular weight is 259 g/mol. The van der Waals surface area contributed by atoms with E-state index in [1.54, 1.807) is 0 Å². The fourth-order valence-electron chi connectivity index (χ4n) is 2.09. The molecule has 0 aromatic heterocycles. The van der Waals surface area contributed by atoms with Gasteiger partial charge in [-0.1, -0.05) is 13.8 Å². The van der Waals surface area contributed by atoms with Gasteiger partial charge in [0.15, 0.2) is 0 Å². The predicted octanol–water partition coefficient (Wildman–Crippen LogP) is 1.01. The zero-order valence-corrected chi connectivity index (χ0v) is 12.9. The van der Waals surface area contributed by atoms with E-state index in [1.807, 2.05) is 19.0 Å². The molecule has 0 aliphatic heterocycles. The second-order valence-corrected chi connectivity index (χ2v) is 5.39. The molecule has 0 saturated carbocycles. The average Bonchev–Trinajstić information content (AvgIpc) is 2.31. The Hall–Kier alpha value is -0.160. The second-order valence-electron chi connectivity index (χ2n) is 5.39. The number of nitrogens with zero attached hydrogens (tertiary/aromatic N) is 2. The molecule has 0 aliphatic carbocycles. The molecule has 0 bridgehead atoms. The summed E-state index contributed by atoms with van der Waals surface area (Å²) in [4.78, 5) is 4.46. The van der Waals surface area contributed by atoms with Crippen LogP contribution in [-0.2, 0) is 0 Å². The Bertz CT molecular complexity index is 184. The summed E-state index contributed by atoms with van der Waals surface area (Å²) in [6, 6.07) is 0.484. The summed E-state index contributed by atoms with van der Waals surface area (Å²) in [6.07, 6.45) is 2.12. The largest absolute Gasteiger partial charge is 0.390 e. The van der Waals surface area contributed by atoms with Crippen LogP contribution in [0, 0.1) is 0 Å². The molecule has 4 heteroatoms. The molecule has 0 aromatic rings. The van der Waals surface area contributed by atoms with Crippen LogP contribution in [0.1, 0.15) is 33.6 Å². The fraction of sp³-hybridized carbons (Fsp3) is 1.00. The minimum absolute atomic E-state index is 0.273. The molecular formula is C14H33N3O. The summed E-state index contributed by atoms with van der Waals surface area (Å²) in [5.74, 6) is 0. The zero-order valence-electron chi connectivity index (χ0n) is 12.9. The molecule has 2 N–H and O–H groups in total. The molecule has 0 spiro atoms. The Balaban J connectivity index is 3.56. The van der Waals surface area contributed by atoms with E-state index in [0.717, 1.165) is 19.6 Å². The van der Waals surface area contributed by atoms with Gasteiger partial charge in [-0.2, -0.15) is 0 Å². The Morgan fingerprint density at radius 2 is 1.78 bits per heavy atom. The summed E-state index contributed by atoms with van der Waals surface area (Å²) >= 11 is 0. The first kappa shape index (κ1) is 17.8. The highest BCUT2D eigenvalue weighted by atomic mass is 16.3. The van der Waals surface area contributed by atoms with Gasteiger partial charge in [0.25, 0.3) is 0 Å². The molecule has 2 unspecified atom stereocenters. The molecule has 2 atom stereocenters. The van der Waals surface area contributed by atoms with Crippen molar-refractivity contribution in [2.75, 3.05) is 46.8 Å². The summed E-state index contributed by atoms with van der Waals surface area (Å²) in [7, 11) is 3.97. The normalized spacial score (nSPS) is 15.3. The Morgan fingerprint density at radius 1 is 1.17 bits per heavy atom. The third-order valence-electron chi connectivity index (χ3n) is 3.28. The van der Waals surface area contributed by atoms with Crippen LogP contribution < -0.4 is 5.32 Å². The Labute approximate surface area is 113 Å². The lowest BCUT2D eigenvalue weighted by Gasteiger charge is -2.21. The molecule has 0 heterocycles. The highest BCUT2D eigenvalue weighted by Gasteiger charge is 2.08. The first-order valence-electron chi connectivity index (χ1n) is 7.28. The van der Waals surface area contributed by atoms with E-state index in [9.17, 15) is 5.11 Å². The number of hydrogen-bond acceptors (Lipinski definition) is 4. The maximum Gasteiger partial charge on any atom is 0.0791 e. The maximum absolute atomic E-state index is 9.75. The topological polar surface area (TPSA) is 38.7 Å². The Kier molecular flexibility index (Phi) is 10.6. The number of aliphatic hydroxyl groups is 1. The fourth-order valence-corrected chi connectivity index (χ4v) is 2.09. The predicted molar refractivity (Wildman–Crippen MR) is 79.0 cm³/mol. The van der Waals surface area contributed by atoms with E-state index >= 15 is 0 Å². The standard InChI is InChI=1S/C14H33N3O/c1-6-17(7-2)10-8-9-13(3)15-11-14(18)12-16(4)5/h13-15,18H,6-12H2,1-5H3. The van der Waals surface area contributed by atoms with Crippen molar-refractivity contribution < 1.29 is 5.11 Å². The number of hydrogen-bond donors (Lipinski definition) is 2. The van der Waals surface area contributed by atoms with Gasteiger partial charge < -0.3 is 20.2 Å². The lowest BCUT2D eigenvalue weighted by atomic mass is 10.1. The van der Waals surface area contributed by atoms with E-state index in [0.29, 0.717) is 12.6 Å². The molecule has 0 rings (SSSR count). The van der Waals surface area contributed by atoms with Crippen LogP contribution in [0.3, 0.4) is 0 Å². The summed E-state index contributed by atoms with van der Waals surface area (Å²) in [5, 5.41) is 13.1. The molecular weight excluding hydrogens is 226 g/mol. The van der Waals surface area contributed by atoms with Crippen molar-refractivity contribution in [3.8, 4) is 0 Å².